The molecular weight excluding hydrogens is 238 g/mol. The van der Waals surface area contributed by atoms with Gasteiger partial charge in [-0.15, -0.1) is 0 Å². The van der Waals surface area contributed by atoms with Crippen molar-refractivity contribution < 1.29 is 13.5 Å². The molecule has 0 bridgehead atoms. The molecule has 1 aliphatic heterocycles. The fourth-order valence-electron chi connectivity index (χ4n) is 3.02. The molecule has 4 atom stereocenters. The SMILES string of the molecule is CC1CCCCC1CNC1CS(=O)(=O)CC1O. The Bertz CT molecular complexity index is 355. The summed E-state index contributed by atoms with van der Waals surface area (Å²) in [5.74, 6) is 1.37. The highest BCUT2D eigenvalue weighted by Crippen LogP contribution is 2.29. The van der Waals surface area contributed by atoms with E-state index >= 15 is 0 Å². The molecule has 4 nitrogen and oxygen atoms in total. The standard InChI is InChI=1S/C12H23NO3S/c1-9-4-2-3-5-10(9)6-13-11-7-17(15,16)8-12(11)14/h9-14H,2-8H2,1H3. The number of hydrogen-bond donors (Lipinski definition) is 2. The van der Waals surface area contributed by atoms with Crippen molar-refractivity contribution in [1.29, 1.82) is 0 Å². The molecule has 17 heavy (non-hydrogen) atoms. The molecule has 1 saturated carbocycles. The minimum Gasteiger partial charge on any atom is -0.390 e. The zero-order valence-corrected chi connectivity index (χ0v) is 11.2. The zero-order chi connectivity index (χ0) is 12.5. The van der Waals surface area contributed by atoms with Crippen molar-refractivity contribution in [2.24, 2.45) is 11.8 Å². The second kappa shape index (κ2) is 5.24. The summed E-state index contributed by atoms with van der Waals surface area (Å²) < 4.78 is 22.7. The van der Waals surface area contributed by atoms with Gasteiger partial charge in [0, 0.05) is 6.04 Å². The van der Waals surface area contributed by atoms with Crippen molar-refractivity contribution >= 4 is 9.84 Å². The molecule has 0 radical (unpaired) electrons. The van der Waals surface area contributed by atoms with Gasteiger partial charge in [-0.2, -0.15) is 0 Å². The maximum atomic E-state index is 11.4. The van der Waals surface area contributed by atoms with Gasteiger partial charge in [0.25, 0.3) is 0 Å². The summed E-state index contributed by atoms with van der Waals surface area (Å²) in [5, 5.41) is 12.9. The van der Waals surface area contributed by atoms with Crippen molar-refractivity contribution in [3.05, 3.63) is 0 Å². The Morgan fingerprint density at radius 2 is 1.94 bits per heavy atom. The van der Waals surface area contributed by atoms with Gasteiger partial charge < -0.3 is 10.4 Å². The lowest BCUT2D eigenvalue weighted by Gasteiger charge is -2.30. The lowest BCUT2D eigenvalue weighted by atomic mass is 9.80. The van der Waals surface area contributed by atoms with Crippen LogP contribution in [0.4, 0.5) is 0 Å². The molecule has 1 heterocycles. The molecule has 2 aliphatic rings. The Morgan fingerprint density at radius 3 is 2.53 bits per heavy atom. The summed E-state index contributed by atoms with van der Waals surface area (Å²) in [6.45, 7) is 3.12. The van der Waals surface area contributed by atoms with Gasteiger partial charge in [0.05, 0.1) is 17.6 Å². The molecule has 100 valence electrons. The minimum atomic E-state index is -3.02. The topological polar surface area (TPSA) is 66.4 Å². The van der Waals surface area contributed by atoms with Crippen LogP contribution in [0, 0.1) is 11.8 Å². The molecule has 0 aromatic heterocycles. The average Bonchev–Trinajstić information content (AvgIpc) is 2.51. The number of aliphatic hydroxyl groups is 1. The van der Waals surface area contributed by atoms with Crippen LogP contribution in [0.25, 0.3) is 0 Å². The van der Waals surface area contributed by atoms with Crippen LogP contribution in [0.5, 0.6) is 0 Å². The van der Waals surface area contributed by atoms with E-state index in [0.29, 0.717) is 11.8 Å². The molecule has 0 aromatic rings. The minimum absolute atomic E-state index is 0.0785. The smallest absolute Gasteiger partial charge is 0.154 e. The van der Waals surface area contributed by atoms with Crippen LogP contribution in [-0.4, -0.2) is 43.7 Å². The van der Waals surface area contributed by atoms with E-state index in [2.05, 4.69) is 12.2 Å². The first-order valence-corrected chi connectivity index (χ1v) is 8.42. The molecular formula is C12H23NO3S. The molecule has 5 heteroatoms. The number of rotatable bonds is 3. The molecule has 0 aromatic carbocycles. The van der Waals surface area contributed by atoms with Crippen LogP contribution in [-0.2, 0) is 9.84 Å². The Balaban J connectivity index is 1.82. The predicted molar refractivity (Wildman–Crippen MR) is 67.6 cm³/mol. The van der Waals surface area contributed by atoms with Crippen LogP contribution in [0.3, 0.4) is 0 Å². The monoisotopic (exact) mass is 261 g/mol. The maximum Gasteiger partial charge on any atom is 0.154 e. The molecule has 2 rings (SSSR count). The Morgan fingerprint density at radius 1 is 1.24 bits per heavy atom. The van der Waals surface area contributed by atoms with Gasteiger partial charge in [-0.25, -0.2) is 8.42 Å². The normalized spacial score (nSPS) is 41.5. The first-order valence-electron chi connectivity index (χ1n) is 6.60. The van der Waals surface area contributed by atoms with E-state index in [9.17, 15) is 13.5 Å². The van der Waals surface area contributed by atoms with E-state index in [1.54, 1.807) is 0 Å². The largest absolute Gasteiger partial charge is 0.390 e. The Hall–Kier alpha value is -0.130. The second-order valence-corrected chi connectivity index (χ2v) is 7.83. The van der Waals surface area contributed by atoms with Gasteiger partial charge in [0.15, 0.2) is 9.84 Å². The third-order valence-corrected chi connectivity index (χ3v) is 5.97. The highest BCUT2D eigenvalue weighted by molar-refractivity contribution is 7.91. The second-order valence-electron chi connectivity index (χ2n) is 5.68. The van der Waals surface area contributed by atoms with E-state index in [1.165, 1.54) is 25.7 Å². The van der Waals surface area contributed by atoms with E-state index < -0.39 is 15.9 Å². The fourth-order valence-corrected chi connectivity index (χ4v) is 4.80. The summed E-state index contributed by atoms with van der Waals surface area (Å²) in [6.07, 6.45) is 4.38. The Labute approximate surface area is 104 Å². The first-order chi connectivity index (χ1) is 7.98. The fraction of sp³-hybridized carbons (Fsp3) is 1.00. The summed E-state index contributed by atoms with van der Waals surface area (Å²) in [6, 6.07) is -0.255. The van der Waals surface area contributed by atoms with Crippen LogP contribution in [0.1, 0.15) is 32.6 Å². The molecule has 0 spiro atoms. The molecule has 1 saturated heterocycles. The summed E-state index contributed by atoms with van der Waals surface area (Å²) in [7, 11) is -3.02. The van der Waals surface area contributed by atoms with Gasteiger partial charge in [-0.05, 0) is 24.8 Å². The summed E-state index contributed by atoms with van der Waals surface area (Å²) in [4.78, 5) is 0. The lowest BCUT2D eigenvalue weighted by molar-refractivity contribution is 0.154. The van der Waals surface area contributed by atoms with Crippen molar-refractivity contribution in [1.82, 2.24) is 5.32 Å². The highest BCUT2D eigenvalue weighted by Gasteiger charge is 2.36. The zero-order valence-electron chi connectivity index (χ0n) is 10.4. The molecule has 0 amide bonds. The number of hydrogen-bond acceptors (Lipinski definition) is 4. The lowest BCUT2D eigenvalue weighted by Crippen LogP contribution is -2.42. The van der Waals surface area contributed by atoms with E-state index in [1.807, 2.05) is 0 Å². The van der Waals surface area contributed by atoms with Crippen molar-refractivity contribution in [2.75, 3.05) is 18.1 Å². The van der Waals surface area contributed by atoms with Gasteiger partial charge in [-0.1, -0.05) is 26.2 Å². The quantitative estimate of drug-likeness (QED) is 0.779. The van der Waals surface area contributed by atoms with Crippen molar-refractivity contribution in [3.8, 4) is 0 Å². The summed E-state index contributed by atoms with van der Waals surface area (Å²) in [5.41, 5.74) is 0. The van der Waals surface area contributed by atoms with Gasteiger partial charge in [0.1, 0.15) is 0 Å². The number of nitrogens with one attached hydrogen (secondary N) is 1. The third-order valence-electron chi connectivity index (χ3n) is 4.25. The predicted octanol–water partition coefficient (Wildman–Crippen LogP) is 0.560. The summed E-state index contributed by atoms with van der Waals surface area (Å²) >= 11 is 0. The van der Waals surface area contributed by atoms with E-state index in [4.69, 9.17) is 0 Å². The van der Waals surface area contributed by atoms with Crippen LogP contribution in [0.2, 0.25) is 0 Å². The van der Waals surface area contributed by atoms with Crippen molar-refractivity contribution in [3.63, 3.8) is 0 Å². The molecule has 1 aliphatic carbocycles. The Kier molecular flexibility index (Phi) is 4.10. The number of aliphatic hydroxyl groups excluding tert-OH is 1. The van der Waals surface area contributed by atoms with Gasteiger partial charge >= 0.3 is 0 Å². The van der Waals surface area contributed by atoms with Crippen LogP contribution in [0.15, 0.2) is 0 Å². The first kappa shape index (κ1) is 13.3. The van der Waals surface area contributed by atoms with Crippen LogP contribution >= 0.6 is 0 Å². The highest BCUT2D eigenvalue weighted by atomic mass is 32.2. The van der Waals surface area contributed by atoms with Gasteiger partial charge in [-0.3, -0.25) is 0 Å². The molecule has 2 N–H and O–H groups in total. The number of sulfone groups is 1. The van der Waals surface area contributed by atoms with Crippen molar-refractivity contribution in [2.45, 2.75) is 44.8 Å². The van der Waals surface area contributed by atoms with E-state index in [-0.39, 0.29) is 17.5 Å². The van der Waals surface area contributed by atoms with Gasteiger partial charge in [0.2, 0.25) is 0 Å². The third kappa shape index (κ3) is 3.42. The maximum absolute atomic E-state index is 11.4. The average molecular weight is 261 g/mol. The van der Waals surface area contributed by atoms with E-state index in [0.717, 1.165) is 6.54 Å². The molecule has 2 fully saturated rings. The van der Waals surface area contributed by atoms with Crippen LogP contribution < -0.4 is 5.32 Å². The molecule has 4 unspecified atom stereocenters.